The standard InChI is InChI=1S/C18H19N3O2/c1-22-14-7-5-13(6-8-14)17-19-15-9-10-16(20-18(15)23-17)21-11-3-2-4-12-21/h5-10H,2-4,11-12H2,1H3. The lowest BCUT2D eigenvalue weighted by Crippen LogP contribution is -2.29. The predicted molar refractivity (Wildman–Crippen MR) is 89.9 cm³/mol. The molecule has 2 aromatic heterocycles. The van der Waals surface area contributed by atoms with Crippen molar-refractivity contribution in [1.82, 2.24) is 9.97 Å². The first kappa shape index (κ1) is 14.1. The highest BCUT2D eigenvalue weighted by Crippen LogP contribution is 2.27. The zero-order valence-corrected chi connectivity index (χ0v) is 13.2. The lowest BCUT2D eigenvalue weighted by molar-refractivity contribution is 0.415. The van der Waals surface area contributed by atoms with Gasteiger partial charge in [-0.3, -0.25) is 0 Å². The van der Waals surface area contributed by atoms with Gasteiger partial charge < -0.3 is 14.1 Å². The maximum absolute atomic E-state index is 5.87. The molecule has 0 amide bonds. The Kier molecular flexibility index (Phi) is 3.61. The maximum atomic E-state index is 5.87. The molecular formula is C18H19N3O2. The van der Waals surface area contributed by atoms with Gasteiger partial charge in [-0.2, -0.15) is 4.98 Å². The van der Waals surface area contributed by atoms with Crippen LogP contribution in [0.4, 0.5) is 5.82 Å². The molecule has 0 unspecified atom stereocenters. The molecule has 5 heteroatoms. The minimum Gasteiger partial charge on any atom is -0.497 e. The number of fused-ring (bicyclic) bond motifs is 1. The molecule has 1 fully saturated rings. The molecule has 1 aliphatic rings. The number of nitrogens with zero attached hydrogens (tertiary/aromatic N) is 3. The lowest BCUT2D eigenvalue weighted by Gasteiger charge is -2.27. The molecule has 0 atom stereocenters. The number of pyridine rings is 1. The third kappa shape index (κ3) is 2.74. The number of oxazole rings is 1. The molecule has 1 saturated heterocycles. The van der Waals surface area contributed by atoms with Crippen LogP contribution in [0.25, 0.3) is 22.7 Å². The number of rotatable bonds is 3. The van der Waals surface area contributed by atoms with Gasteiger partial charge in [0.15, 0.2) is 0 Å². The number of anilines is 1. The molecule has 0 aliphatic carbocycles. The molecule has 1 aromatic carbocycles. The minimum atomic E-state index is 0.589. The fraction of sp³-hybridized carbons (Fsp3) is 0.333. The summed E-state index contributed by atoms with van der Waals surface area (Å²) >= 11 is 0. The number of hydrogen-bond donors (Lipinski definition) is 0. The molecule has 0 radical (unpaired) electrons. The van der Waals surface area contributed by atoms with Gasteiger partial charge in [0.2, 0.25) is 11.6 Å². The number of methoxy groups -OCH3 is 1. The quantitative estimate of drug-likeness (QED) is 0.734. The van der Waals surface area contributed by atoms with Crippen LogP contribution in [0.15, 0.2) is 40.8 Å². The van der Waals surface area contributed by atoms with E-state index in [9.17, 15) is 0 Å². The number of ether oxygens (including phenoxy) is 1. The molecule has 5 nitrogen and oxygen atoms in total. The topological polar surface area (TPSA) is 51.4 Å². The summed E-state index contributed by atoms with van der Waals surface area (Å²) in [6.45, 7) is 2.13. The summed E-state index contributed by atoms with van der Waals surface area (Å²) < 4.78 is 11.0. The molecule has 0 spiro atoms. The second-order valence-corrected chi connectivity index (χ2v) is 5.79. The van der Waals surface area contributed by atoms with Crippen LogP contribution in [0.5, 0.6) is 5.75 Å². The highest BCUT2D eigenvalue weighted by atomic mass is 16.5. The van der Waals surface area contributed by atoms with Crippen LogP contribution < -0.4 is 9.64 Å². The Morgan fingerprint density at radius 1 is 0.957 bits per heavy atom. The van der Waals surface area contributed by atoms with Crippen LogP contribution in [-0.4, -0.2) is 30.2 Å². The molecule has 1 aliphatic heterocycles. The van der Waals surface area contributed by atoms with Crippen molar-refractivity contribution in [2.24, 2.45) is 0 Å². The first-order chi connectivity index (χ1) is 11.3. The van der Waals surface area contributed by atoms with Gasteiger partial charge in [-0.15, -0.1) is 0 Å². The molecular weight excluding hydrogens is 290 g/mol. The van der Waals surface area contributed by atoms with Gasteiger partial charge in [0.1, 0.15) is 17.1 Å². The lowest BCUT2D eigenvalue weighted by atomic mass is 10.1. The summed E-state index contributed by atoms with van der Waals surface area (Å²) in [4.78, 5) is 11.5. The molecule has 0 saturated carbocycles. The first-order valence-electron chi connectivity index (χ1n) is 8.00. The van der Waals surface area contributed by atoms with Crippen LogP contribution in [-0.2, 0) is 0 Å². The van der Waals surface area contributed by atoms with Crippen molar-refractivity contribution in [1.29, 1.82) is 0 Å². The van der Waals surface area contributed by atoms with E-state index in [2.05, 4.69) is 14.9 Å². The van der Waals surface area contributed by atoms with E-state index in [1.54, 1.807) is 7.11 Å². The van der Waals surface area contributed by atoms with Crippen molar-refractivity contribution >= 4 is 17.0 Å². The van der Waals surface area contributed by atoms with Crippen molar-refractivity contribution in [3.8, 4) is 17.2 Å². The highest BCUT2D eigenvalue weighted by molar-refractivity contribution is 5.74. The fourth-order valence-electron chi connectivity index (χ4n) is 2.96. The first-order valence-corrected chi connectivity index (χ1v) is 8.00. The van der Waals surface area contributed by atoms with Crippen LogP contribution >= 0.6 is 0 Å². The van der Waals surface area contributed by atoms with Gasteiger partial charge >= 0.3 is 0 Å². The second kappa shape index (κ2) is 5.91. The van der Waals surface area contributed by atoms with Gasteiger partial charge in [-0.1, -0.05) is 0 Å². The van der Waals surface area contributed by atoms with E-state index < -0.39 is 0 Å². The summed E-state index contributed by atoms with van der Waals surface area (Å²) in [6, 6.07) is 11.7. The van der Waals surface area contributed by atoms with E-state index in [4.69, 9.17) is 9.15 Å². The summed E-state index contributed by atoms with van der Waals surface area (Å²) in [5, 5.41) is 0. The van der Waals surface area contributed by atoms with Gasteiger partial charge in [-0.25, -0.2) is 4.98 Å². The summed E-state index contributed by atoms with van der Waals surface area (Å²) in [6.07, 6.45) is 3.77. The van der Waals surface area contributed by atoms with E-state index in [-0.39, 0.29) is 0 Å². The van der Waals surface area contributed by atoms with Crippen molar-refractivity contribution in [3.63, 3.8) is 0 Å². The zero-order chi connectivity index (χ0) is 15.6. The monoisotopic (exact) mass is 309 g/mol. The third-order valence-corrected chi connectivity index (χ3v) is 4.26. The van der Waals surface area contributed by atoms with Gasteiger partial charge in [-0.05, 0) is 55.7 Å². The van der Waals surface area contributed by atoms with E-state index in [0.29, 0.717) is 11.6 Å². The number of aromatic nitrogens is 2. The van der Waals surface area contributed by atoms with Crippen LogP contribution in [0.1, 0.15) is 19.3 Å². The van der Waals surface area contributed by atoms with E-state index >= 15 is 0 Å². The van der Waals surface area contributed by atoms with Crippen LogP contribution in [0.2, 0.25) is 0 Å². The van der Waals surface area contributed by atoms with Crippen LogP contribution in [0, 0.1) is 0 Å². The number of piperidine rings is 1. The SMILES string of the molecule is COc1ccc(-c2nc3ccc(N4CCCCC4)nc3o2)cc1. The Morgan fingerprint density at radius 3 is 2.48 bits per heavy atom. The van der Waals surface area contributed by atoms with Crippen molar-refractivity contribution in [2.45, 2.75) is 19.3 Å². The largest absolute Gasteiger partial charge is 0.497 e. The zero-order valence-electron chi connectivity index (χ0n) is 13.2. The highest BCUT2D eigenvalue weighted by Gasteiger charge is 2.15. The average Bonchev–Trinajstić information content (AvgIpc) is 3.06. The van der Waals surface area contributed by atoms with Gasteiger partial charge in [0.05, 0.1) is 7.11 Å². The Balaban J connectivity index is 1.66. The summed E-state index contributed by atoms with van der Waals surface area (Å²) in [5.74, 6) is 2.39. The molecule has 3 heterocycles. The Bertz CT molecular complexity index is 805. The number of benzene rings is 1. The maximum Gasteiger partial charge on any atom is 0.249 e. The summed E-state index contributed by atoms with van der Waals surface area (Å²) in [7, 11) is 1.65. The molecule has 0 N–H and O–H groups in total. The Labute approximate surface area is 134 Å². The fourth-order valence-corrected chi connectivity index (χ4v) is 2.96. The van der Waals surface area contributed by atoms with Gasteiger partial charge in [0, 0.05) is 18.7 Å². The normalized spacial score (nSPS) is 15.1. The third-order valence-electron chi connectivity index (χ3n) is 4.26. The minimum absolute atomic E-state index is 0.589. The van der Waals surface area contributed by atoms with E-state index in [0.717, 1.165) is 35.7 Å². The van der Waals surface area contributed by atoms with Gasteiger partial charge in [0.25, 0.3) is 0 Å². The van der Waals surface area contributed by atoms with E-state index in [1.807, 2.05) is 36.4 Å². The van der Waals surface area contributed by atoms with E-state index in [1.165, 1.54) is 19.3 Å². The Morgan fingerprint density at radius 2 is 1.74 bits per heavy atom. The van der Waals surface area contributed by atoms with Crippen molar-refractivity contribution in [3.05, 3.63) is 36.4 Å². The molecule has 3 aromatic rings. The smallest absolute Gasteiger partial charge is 0.249 e. The average molecular weight is 309 g/mol. The molecule has 0 bridgehead atoms. The Hall–Kier alpha value is -2.56. The predicted octanol–water partition coefficient (Wildman–Crippen LogP) is 3.89. The van der Waals surface area contributed by atoms with Crippen molar-refractivity contribution in [2.75, 3.05) is 25.1 Å². The van der Waals surface area contributed by atoms with Crippen LogP contribution in [0.3, 0.4) is 0 Å². The molecule has 118 valence electrons. The van der Waals surface area contributed by atoms with Crippen molar-refractivity contribution < 1.29 is 9.15 Å². The number of hydrogen-bond acceptors (Lipinski definition) is 5. The molecule has 23 heavy (non-hydrogen) atoms. The summed E-state index contributed by atoms with van der Waals surface area (Å²) in [5.41, 5.74) is 2.30. The molecule has 4 rings (SSSR count). The second-order valence-electron chi connectivity index (χ2n) is 5.79.